The van der Waals surface area contributed by atoms with Crippen LogP contribution < -0.4 is 0 Å². The van der Waals surface area contributed by atoms with Crippen LogP contribution in [-0.2, 0) is 14.3 Å². The van der Waals surface area contributed by atoms with Gasteiger partial charge in [-0.15, -0.1) is 0 Å². The molecule has 17 atom stereocenters. The monoisotopic (exact) mass is 666 g/mol. The summed E-state index contributed by atoms with van der Waals surface area (Å²) in [7, 11) is 0. The molecule has 6 rings (SSSR count). The number of esters is 1. The quantitative estimate of drug-likeness (QED) is 0.160. The number of hydrogen-bond donors (Lipinski definition) is 8. The molecule has 11 heteroatoms. The van der Waals surface area contributed by atoms with Crippen LogP contribution in [0.5, 0.6) is 0 Å². The molecule has 0 aromatic heterocycles. The van der Waals surface area contributed by atoms with Crippen LogP contribution in [0.2, 0.25) is 0 Å². The first kappa shape index (κ1) is 35.7. The summed E-state index contributed by atoms with van der Waals surface area (Å²) in [5.41, 5.74) is -3.27. The Morgan fingerprint density at radius 1 is 0.915 bits per heavy atom. The number of ether oxygens (including phenoxy) is 2. The van der Waals surface area contributed by atoms with Gasteiger partial charge in [0.15, 0.2) is 0 Å². The number of carbonyl (C=O) groups is 1. The van der Waals surface area contributed by atoms with Crippen LogP contribution in [-0.4, -0.2) is 109 Å². The average molecular weight is 667 g/mol. The first-order chi connectivity index (χ1) is 21.8. The maximum atomic E-state index is 14.5. The average Bonchev–Trinajstić information content (AvgIpc) is 3.02. The molecule has 0 unspecified atom stereocenters. The third kappa shape index (κ3) is 4.60. The number of fused-ring (bicyclic) bond motifs is 7. The molecule has 11 nitrogen and oxygen atoms in total. The minimum Gasteiger partial charge on any atom is -0.432 e. The standard InChI is InChI=1S/C36H58O11/c1-18-9-12-36(30(44)47-29-26(42)25(41)24(40)21(16-37)46-29)14-13-33(4)19(27(36)35(18,6)45)7-8-23-31(2)15-20(39)28(43)32(3,17-38)22(31)10-11-34(23,33)5/h7,18,20-29,37-43,45H,8-17H2,1-6H3/t18-,20+,21-,22-,23-,24-,25+,26-,27-,28+,29+,31-,32-,33-,34+,35+,36+/m1/s1. The van der Waals surface area contributed by atoms with Crippen LogP contribution in [0.1, 0.15) is 92.9 Å². The van der Waals surface area contributed by atoms with Crippen LogP contribution in [0.3, 0.4) is 0 Å². The fourth-order valence-corrected chi connectivity index (χ4v) is 12.4. The Kier molecular flexibility index (Phi) is 8.68. The van der Waals surface area contributed by atoms with Gasteiger partial charge in [-0.05, 0) is 92.3 Å². The lowest BCUT2D eigenvalue weighted by Crippen LogP contribution is -2.69. The van der Waals surface area contributed by atoms with Gasteiger partial charge >= 0.3 is 5.97 Å². The maximum Gasteiger partial charge on any atom is 0.315 e. The van der Waals surface area contributed by atoms with E-state index in [2.05, 4.69) is 26.8 Å². The van der Waals surface area contributed by atoms with E-state index in [1.807, 2.05) is 20.8 Å². The highest BCUT2D eigenvalue weighted by Crippen LogP contribution is 2.76. The molecule has 268 valence electrons. The van der Waals surface area contributed by atoms with Gasteiger partial charge in [0, 0.05) is 11.3 Å². The van der Waals surface area contributed by atoms with Crippen LogP contribution in [0.4, 0.5) is 0 Å². The molecule has 0 bridgehead atoms. The highest BCUT2D eigenvalue weighted by Gasteiger charge is 2.72. The molecule has 1 aliphatic heterocycles. The van der Waals surface area contributed by atoms with Crippen LogP contribution in [0.15, 0.2) is 11.6 Å². The predicted molar refractivity (Wildman–Crippen MR) is 169 cm³/mol. The van der Waals surface area contributed by atoms with Gasteiger partial charge in [0.25, 0.3) is 0 Å². The Balaban J connectivity index is 1.40. The largest absolute Gasteiger partial charge is 0.432 e. The number of aliphatic hydroxyl groups excluding tert-OH is 7. The van der Waals surface area contributed by atoms with E-state index in [1.165, 1.54) is 0 Å². The highest BCUT2D eigenvalue weighted by molar-refractivity contribution is 5.79. The van der Waals surface area contributed by atoms with Gasteiger partial charge in [0.1, 0.15) is 24.4 Å². The molecule has 0 aromatic rings. The lowest BCUT2D eigenvalue weighted by molar-refractivity contribution is -0.299. The van der Waals surface area contributed by atoms with E-state index in [-0.39, 0.29) is 35.2 Å². The summed E-state index contributed by atoms with van der Waals surface area (Å²) in [6.07, 6.45) is -2.75. The summed E-state index contributed by atoms with van der Waals surface area (Å²) in [6.45, 7) is 11.6. The second-order valence-electron chi connectivity index (χ2n) is 17.5. The maximum absolute atomic E-state index is 14.5. The van der Waals surface area contributed by atoms with E-state index in [4.69, 9.17) is 9.47 Å². The summed E-state index contributed by atoms with van der Waals surface area (Å²) in [5.74, 6) is -1.23. The van der Waals surface area contributed by atoms with Crippen LogP contribution >= 0.6 is 0 Å². The Morgan fingerprint density at radius 2 is 1.60 bits per heavy atom. The molecular weight excluding hydrogens is 608 g/mol. The van der Waals surface area contributed by atoms with Gasteiger partial charge in [-0.1, -0.05) is 46.3 Å². The molecule has 6 aliphatic rings. The van der Waals surface area contributed by atoms with E-state index >= 15 is 0 Å². The molecule has 1 saturated heterocycles. The van der Waals surface area contributed by atoms with Crippen molar-refractivity contribution < 1.29 is 55.1 Å². The molecule has 5 fully saturated rings. The topological polar surface area (TPSA) is 197 Å². The second-order valence-corrected chi connectivity index (χ2v) is 17.5. The number of allylic oxidation sites excluding steroid dienone is 1. The summed E-state index contributed by atoms with van der Waals surface area (Å²) in [6, 6.07) is 0. The molecule has 5 aliphatic carbocycles. The van der Waals surface area contributed by atoms with E-state index < -0.39 is 83.3 Å². The zero-order valence-corrected chi connectivity index (χ0v) is 28.8. The predicted octanol–water partition coefficient (Wildman–Crippen LogP) is 1.41. The molecular formula is C36H58O11. The lowest BCUT2D eigenvalue weighted by atomic mass is 9.33. The van der Waals surface area contributed by atoms with Gasteiger partial charge in [-0.3, -0.25) is 4.79 Å². The second kappa shape index (κ2) is 11.4. The summed E-state index contributed by atoms with van der Waals surface area (Å²) in [4.78, 5) is 14.5. The fourth-order valence-electron chi connectivity index (χ4n) is 12.4. The smallest absolute Gasteiger partial charge is 0.315 e. The Hall–Kier alpha value is -1.15. The summed E-state index contributed by atoms with van der Waals surface area (Å²) >= 11 is 0. The van der Waals surface area contributed by atoms with Gasteiger partial charge < -0.3 is 50.3 Å². The first-order valence-corrected chi connectivity index (χ1v) is 17.7. The van der Waals surface area contributed by atoms with Crippen LogP contribution in [0.25, 0.3) is 0 Å². The highest BCUT2D eigenvalue weighted by atomic mass is 16.7. The van der Waals surface area contributed by atoms with Crippen molar-refractivity contribution >= 4 is 5.97 Å². The van der Waals surface area contributed by atoms with Crippen molar-refractivity contribution in [3.05, 3.63) is 11.6 Å². The van der Waals surface area contributed by atoms with Crippen molar-refractivity contribution in [3.8, 4) is 0 Å². The fraction of sp³-hybridized carbons (Fsp3) is 0.917. The van der Waals surface area contributed by atoms with E-state index in [0.717, 1.165) is 18.4 Å². The van der Waals surface area contributed by atoms with Gasteiger partial charge in [-0.25, -0.2) is 0 Å². The molecule has 0 aromatic carbocycles. The number of carbonyl (C=O) groups excluding carboxylic acids is 1. The zero-order chi connectivity index (χ0) is 34.7. The number of hydrogen-bond acceptors (Lipinski definition) is 11. The molecule has 1 heterocycles. The van der Waals surface area contributed by atoms with Gasteiger partial charge in [-0.2, -0.15) is 0 Å². The lowest BCUT2D eigenvalue weighted by Gasteiger charge is -2.72. The summed E-state index contributed by atoms with van der Waals surface area (Å²) in [5, 5.41) is 86.2. The molecule has 4 saturated carbocycles. The van der Waals surface area contributed by atoms with Gasteiger partial charge in [0.2, 0.25) is 6.29 Å². The molecule has 8 N–H and O–H groups in total. The Labute approximate surface area is 278 Å². The first-order valence-electron chi connectivity index (χ1n) is 17.7. The van der Waals surface area contributed by atoms with Crippen LogP contribution in [0, 0.1) is 50.7 Å². The van der Waals surface area contributed by atoms with Gasteiger partial charge in [0.05, 0.1) is 36.4 Å². The third-order valence-corrected chi connectivity index (χ3v) is 15.6. The van der Waals surface area contributed by atoms with E-state index in [9.17, 15) is 45.6 Å². The summed E-state index contributed by atoms with van der Waals surface area (Å²) < 4.78 is 11.4. The van der Waals surface area contributed by atoms with Crippen molar-refractivity contribution in [2.45, 2.75) is 141 Å². The normalized spacial score (nSPS) is 57.5. The van der Waals surface area contributed by atoms with E-state index in [1.54, 1.807) is 0 Å². The molecule has 47 heavy (non-hydrogen) atoms. The third-order valence-electron chi connectivity index (χ3n) is 15.6. The Bertz CT molecular complexity index is 1270. The minimum absolute atomic E-state index is 0.00373. The van der Waals surface area contributed by atoms with Crippen molar-refractivity contribution in [1.82, 2.24) is 0 Å². The van der Waals surface area contributed by atoms with Crippen molar-refractivity contribution in [1.29, 1.82) is 0 Å². The SMILES string of the molecule is C[C@@H]1CC[C@]2(C(=O)O[C@@H]3O[C@H](CO)[C@@H](O)[C@H](O)[C@H]3O)CC[C@]3(C)C(=CC[C@@H]4[C@]5(C)C[C@H](O)[C@H](O)[C@](C)(CO)[C@@H]5CC[C@@]43C)[C@@H]2[C@@]1(C)O. The Morgan fingerprint density at radius 3 is 2.23 bits per heavy atom. The zero-order valence-electron chi connectivity index (χ0n) is 28.8. The van der Waals surface area contributed by atoms with Crippen molar-refractivity contribution in [2.75, 3.05) is 13.2 Å². The van der Waals surface area contributed by atoms with Crippen molar-refractivity contribution in [3.63, 3.8) is 0 Å². The number of aliphatic hydroxyl groups is 8. The number of rotatable bonds is 4. The molecule has 0 amide bonds. The minimum atomic E-state index is -1.72. The van der Waals surface area contributed by atoms with E-state index in [0.29, 0.717) is 38.5 Å². The molecule has 0 spiro atoms. The van der Waals surface area contributed by atoms with Crippen molar-refractivity contribution in [2.24, 2.45) is 50.7 Å². The molecule has 0 radical (unpaired) electrons.